The van der Waals surface area contributed by atoms with E-state index in [2.05, 4.69) is 22.5 Å². The summed E-state index contributed by atoms with van der Waals surface area (Å²) >= 11 is 3.30. The van der Waals surface area contributed by atoms with E-state index in [4.69, 9.17) is 4.74 Å². The Balaban J connectivity index is 2.49. The van der Waals surface area contributed by atoms with E-state index >= 15 is 0 Å². The number of alkyl halides is 1. The van der Waals surface area contributed by atoms with Gasteiger partial charge in [0, 0.05) is 16.8 Å². The number of hydrogen-bond acceptors (Lipinski definition) is 2. The van der Waals surface area contributed by atoms with Gasteiger partial charge in [0.2, 0.25) is 0 Å². The molecule has 1 fully saturated rings. The summed E-state index contributed by atoms with van der Waals surface area (Å²) in [4.78, 5) is 10.7. The van der Waals surface area contributed by atoms with Crippen molar-refractivity contribution in [2.45, 2.75) is 6.42 Å². The summed E-state index contributed by atoms with van der Waals surface area (Å²) in [6.45, 7) is 4.16. The van der Waals surface area contributed by atoms with Crippen LogP contribution in [0.2, 0.25) is 0 Å². The van der Waals surface area contributed by atoms with E-state index in [-0.39, 0.29) is 11.9 Å². The number of carbonyl (C=O) groups excluding carboxylic acids is 1. The summed E-state index contributed by atoms with van der Waals surface area (Å²) in [6.07, 6.45) is 0.935. The minimum Gasteiger partial charge on any atom is -0.462 e. The van der Waals surface area contributed by atoms with Gasteiger partial charge in [-0.15, -0.1) is 0 Å². The van der Waals surface area contributed by atoms with Crippen LogP contribution in [0.3, 0.4) is 0 Å². The molecule has 0 aromatic heterocycles. The van der Waals surface area contributed by atoms with E-state index in [0.29, 0.717) is 12.2 Å². The van der Waals surface area contributed by atoms with Gasteiger partial charge in [-0.3, -0.25) is 0 Å². The fourth-order valence-electron chi connectivity index (χ4n) is 0.926. The Morgan fingerprint density at radius 3 is 2.90 bits per heavy atom. The standard InChI is InChI=1S/C7H9BrO2/c1-5-6(2-3-8)4-10-7(5)9/h6H,1-4H2/t6-/m1/s1. The molecule has 0 bridgehead atoms. The lowest BCUT2D eigenvalue weighted by Crippen LogP contribution is -2.02. The molecule has 3 heteroatoms. The smallest absolute Gasteiger partial charge is 0.333 e. The number of hydrogen-bond donors (Lipinski definition) is 0. The molecule has 1 aliphatic rings. The quantitative estimate of drug-likeness (QED) is 0.388. The molecule has 10 heavy (non-hydrogen) atoms. The maximum absolute atomic E-state index is 10.7. The van der Waals surface area contributed by atoms with Gasteiger partial charge < -0.3 is 4.74 Å². The average Bonchev–Trinajstić information content (AvgIpc) is 2.20. The van der Waals surface area contributed by atoms with Crippen LogP contribution in [0.15, 0.2) is 12.2 Å². The predicted octanol–water partition coefficient (Wildman–Crippen LogP) is 1.50. The van der Waals surface area contributed by atoms with Crippen molar-refractivity contribution in [3.63, 3.8) is 0 Å². The first-order valence-electron chi connectivity index (χ1n) is 3.17. The van der Waals surface area contributed by atoms with Gasteiger partial charge in [-0.1, -0.05) is 22.5 Å². The summed E-state index contributed by atoms with van der Waals surface area (Å²) in [5, 5.41) is 0.896. The lowest BCUT2D eigenvalue weighted by atomic mass is 10.0. The Labute approximate surface area is 68.4 Å². The highest BCUT2D eigenvalue weighted by Crippen LogP contribution is 2.22. The third kappa shape index (κ3) is 1.40. The van der Waals surface area contributed by atoms with Gasteiger partial charge in [0.1, 0.15) is 0 Å². The summed E-state index contributed by atoms with van der Waals surface area (Å²) in [6, 6.07) is 0. The van der Waals surface area contributed by atoms with Gasteiger partial charge in [0.15, 0.2) is 0 Å². The normalized spacial score (nSPS) is 25.1. The third-order valence-electron chi connectivity index (χ3n) is 1.63. The second kappa shape index (κ2) is 3.19. The van der Waals surface area contributed by atoms with Crippen LogP contribution in [0.4, 0.5) is 0 Å². The topological polar surface area (TPSA) is 26.3 Å². The van der Waals surface area contributed by atoms with Gasteiger partial charge in [-0.2, -0.15) is 0 Å². The van der Waals surface area contributed by atoms with Gasteiger partial charge in [0.05, 0.1) is 6.61 Å². The van der Waals surface area contributed by atoms with E-state index in [1.54, 1.807) is 0 Å². The van der Waals surface area contributed by atoms with Gasteiger partial charge in [0.25, 0.3) is 0 Å². The second-order valence-corrected chi connectivity index (χ2v) is 3.09. The molecule has 0 unspecified atom stereocenters. The molecular weight excluding hydrogens is 196 g/mol. The lowest BCUT2D eigenvalue weighted by molar-refractivity contribution is -0.135. The number of rotatable bonds is 2. The number of cyclic esters (lactones) is 1. The highest BCUT2D eigenvalue weighted by Gasteiger charge is 2.27. The highest BCUT2D eigenvalue weighted by molar-refractivity contribution is 9.09. The molecule has 0 aromatic carbocycles. The van der Waals surface area contributed by atoms with Crippen LogP contribution in [0.25, 0.3) is 0 Å². The highest BCUT2D eigenvalue weighted by atomic mass is 79.9. The molecule has 56 valence electrons. The zero-order valence-corrected chi connectivity index (χ0v) is 7.19. The zero-order chi connectivity index (χ0) is 7.56. The molecule has 2 nitrogen and oxygen atoms in total. The number of carbonyl (C=O) groups is 1. The van der Waals surface area contributed by atoms with Crippen molar-refractivity contribution < 1.29 is 9.53 Å². The minimum atomic E-state index is -0.231. The van der Waals surface area contributed by atoms with Crippen LogP contribution in [-0.4, -0.2) is 17.9 Å². The number of halogens is 1. The molecule has 0 aliphatic carbocycles. The molecule has 1 aliphatic heterocycles. The fourth-order valence-corrected chi connectivity index (χ4v) is 1.48. The fraction of sp³-hybridized carbons (Fsp3) is 0.571. The average molecular weight is 205 g/mol. The van der Waals surface area contributed by atoms with Gasteiger partial charge in [-0.05, 0) is 6.42 Å². The molecule has 0 radical (unpaired) electrons. The van der Waals surface area contributed by atoms with Crippen molar-refractivity contribution in [1.82, 2.24) is 0 Å². The summed E-state index contributed by atoms with van der Waals surface area (Å²) in [7, 11) is 0. The van der Waals surface area contributed by atoms with Crippen molar-refractivity contribution in [3.8, 4) is 0 Å². The van der Waals surface area contributed by atoms with E-state index in [1.807, 2.05) is 0 Å². The maximum Gasteiger partial charge on any atom is 0.333 e. The first kappa shape index (κ1) is 7.79. The first-order chi connectivity index (χ1) is 4.75. The lowest BCUT2D eigenvalue weighted by Gasteiger charge is -2.01. The minimum absolute atomic E-state index is 0.231. The molecular formula is C7H9BrO2. The Bertz CT molecular complexity index is 165. The Hall–Kier alpha value is -0.310. The van der Waals surface area contributed by atoms with Crippen LogP contribution < -0.4 is 0 Å². The summed E-state index contributed by atoms with van der Waals surface area (Å²) in [5.74, 6) is 0.0119. The second-order valence-electron chi connectivity index (χ2n) is 2.30. The number of ether oxygens (including phenoxy) is 1. The van der Waals surface area contributed by atoms with E-state index in [1.165, 1.54) is 0 Å². The Kier molecular flexibility index (Phi) is 2.49. The van der Waals surface area contributed by atoms with Crippen molar-refractivity contribution in [3.05, 3.63) is 12.2 Å². The molecule has 1 heterocycles. The van der Waals surface area contributed by atoms with Crippen LogP contribution >= 0.6 is 15.9 Å². The molecule has 1 atom stereocenters. The van der Waals surface area contributed by atoms with E-state index < -0.39 is 0 Å². The zero-order valence-electron chi connectivity index (χ0n) is 5.60. The largest absolute Gasteiger partial charge is 0.462 e. The Morgan fingerprint density at radius 2 is 2.50 bits per heavy atom. The SMILES string of the molecule is C=C1C(=O)OC[C@H]1CCBr. The molecule has 0 aromatic rings. The Morgan fingerprint density at radius 1 is 1.80 bits per heavy atom. The summed E-state index contributed by atoms with van der Waals surface area (Å²) in [5.41, 5.74) is 0.624. The molecule has 1 saturated heterocycles. The van der Waals surface area contributed by atoms with Crippen molar-refractivity contribution in [2.75, 3.05) is 11.9 Å². The van der Waals surface area contributed by atoms with Crippen LogP contribution in [0.5, 0.6) is 0 Å². The third-order valence-corrected chi connectivity index (χ3v) is 2.09. The molecule has 0 amide bonds. The molecule has 0 saturated carbocycles. The van der Waals surface area contributed by atoms with E-state index in [9.17, 15) is 4.79 Å². The van der Waals surface area contributed by atoms with Gasteiger partial charge >= 0.3 is 5.97 Å². The van der Waals surface area contributed by atoms with Crippen molar-refractivity contribution in [1.29, 1.82) is 0 Å². The predicted molar refractivity (Wildman–Crippen MR) is 42.0 cm³/mol. The van der Waals surface area contributed by atoms with Crippen LogP contribution in [0.1, 0.15) is 6.42 Å². The number of esters is 1. The van der Waals surface area contributed by atoms with Crippen molar-refractivity contribution >= 4 is 21.9 Å². The maximum atomic E-state index is 10.7. The molecule has 0 spiro atoms. The van der Waals surface area contributed by atoms with Crippen molar-refractivity contribution in [2.24, 2.45) is 5.92 Å². The molecule has 0 N–H and O–H groups in total. The van der Waals surface area contributed by atoms with Gasteiger partial charge in [-0.25, -0.2) is 4.79 Å². The summed E-state index contributed by atoms with van der Waals surface area (Å²) < 4.78 is 4.77. The monoisotopic (exact) mass is 204 g/mol. The van der Waals surface area contributed by atoms with Crippen LogP contribution in [-0.2, 0) is 9.53 Å². The van der Waals surface area contributed by atoms with E-state index in [0.717, 1.165) is 11.8 Å². The molecule has 1 rings (SSSR count). The first-order valence-corrected chi connectivity index (χ1v) is 4.29. The van der Waals surface area contributed by atoms with Crippen LogP contribution in [0, 0.1) is 5.92 Å².